The molecule has 0 saturated heterocycles. The maximum absolute atomic E-state index is 10.9. The van der Waals surface area contributed by atoms with Crippen LogP contribution < -0.4 is 25.7 Å². The van der Waals surface area contributed by atoms with Gasteiger partial charge in [0.25, 0.3) is 0 Å². The van der Waals surface area contributed by atoms with E-state index in [9.17, 15) is 9.59 Å². The number of benzene rings is 3. The van der Waals surface area contributed by atoms with E-state index < -0.39 is 0 Å². The van der Waals surface area contributed by atoms with Gasteiger partial charge >= 0.3 is 0 Å². The summed E-state index contributed by atoms with van der Waals surface area (Å²) in [5, 5.41) is 0.151. The monoisotopic (exact) mass is 872 g/mol. The van der Waals surface area contributed by atoms with E-state index in [1.807, 2.05) is 60.7 Å². The molecule has 0 radical (unpaired) electrons. The van der Waals surface area contributed by atoms with Gasteiger partial charge in [0, 0.05) is 30.6 Å². The topological polar surface area (TPSA) is 114 Å². The Hall–Kier alpha value is -2.05. The summed E-state index contributed by atoms with van der Waals surface area (Å²) in [6.07, 6.45) is 15.5. The lowest BCUT2D eigenvalue weighted by atomic mass is 10.1. The number of thioether (sulfide) groups is 1. The summed E-state index contributed by atoms with van der Waals surface area (Å²) in [4.78, 5) is 21.6. The molecule has 12 heteroatoms. The molecule has 0 amide bonds. The zero-order valence-electron chi connectivity index (χ0n) is 33.8. The number of Topliss-reactive ketones (excluding diaryl/α,β-unsaturated/α-hetero) is 1. The van der Waals surface area contributed by atoms with Gasteiger partial charge < -0.3 is 30.5 Å². The fourth-order valence-electron chi connectivity index (χ4n) is 5.03. The van der Waals surface area contributed by atoms with E-state index in [0.717, 1.165) is 124 Å². The van der Waals surface area contributed by atoms with Crippen LogP contribution in [0.2, 0.25) is 0 Å². The molecule has 0 atom stereocenters. The Morgan fingerprint density at radius 1 is 0.500 bits per heavy atom. The number of ether oxygens (including phenoxy) is 3. The smallest absolute Gasteiger partial charge is 0.186 e. The predicted molar refractivity (Wildman–Crippen MR) is 251 cm³/mol. The summed E-state index contributed by atoms with van der Waals surface area (Å²) >= 11 is 9.76. The Labute approximate surface area is 366 Å². The molecule has 3 aromatic carbocycles. The van der Waals surface area contributed by atoms with Crippen molar-refractivity contribution in [3.8, 4) is 17.2 Å². The first-order valence-electron chi connectivity index (χ1n) is 19.7. The van der Waals surface area contributed by atoms with Gasteiger partial charge in [-0.05, 0) is 112 Å². The van der Waals surface area contributed by atoms with Crippen LogP contribution in [0, 0.1) is 0 Å². The maximum atomic E-state index is 10.9. The van der Waals surface area contributed by atoms with Crippen LogP contribution in [0.15, 0.2) is 72.8 Å². The average molecular weight is 874 g/mol. The van der Waals surface area contributed by atoms with Gasteiger partial charge in [0.1, 0.15) is 23.0 Å². The molecule has 0 bridgehead atoms. The quantitative estimate of drug-likeness (QED) is 0.0442. The number of rotatable bonds is 27. The molecule has 56 heavy (non-hydrogen) atoms. The molecule has 0 aliphatic rings. The Morgan fingerprint density at radius 3 is 1.14 bits per heavy atom. The van der Waals surface area contributed by atoms with Gasteiger partial charge in [0.2, 0.25) is 0 Å². The van der Waals surface area contributed by atoms with Crippen LogP contribution in [-0.4, -0.2) is 43.8 Å². The highest BCUT2D eigenvalue weighted by Crippen LogP contribution is 2.18. The molecule has 0 heterocycles. The summed E-state index contributed by atoms with van der Waals surface area (Å²) in [5.41, 5.74) is 14.4. The molecular weight excluding hydrogens is 804 g/mol. The second-order valence-corrected chi connectivity index (χ2v) is 15.0. The zero-order valence-corrected chi connectivity index (χ0v) is 38.0. The molecule has 4 N–H and O–H groups in total. The Balaban J connectivity index is 0. The van der Waals surface area contributed by atoms with Crippen molar-refractivity contribution >= 4 is 72.7 Å². The summed E-state index contributed by atoms with van der Waals surface area (Å²) < 4.78 is 17.0. The molecule has 0 spiro atoms. The van der Waals surface area contributed by atoms with Crippen LogP contribution in [0.25, 0.3) is 0 Å². The number of carbonyl (C=O) groups is 2. The van der Waals surface area contributed by atoms with Crippen LogP contribution >= 0.6 is 61.8 Å². The van der Waals surface area contributed by atoms with E-state index >= 15 is 0 Å². The van der Waals surface area contributed by atoms with Crippen molar-refractivity contribution in [1.29, 1.82) is 0 Å². The van der Waals surface area contributed by atoms with Crippen molar-refractivity contribution < 1.29 is 23.8 Å². The molecule has 0 saturated carbocycles. The van der Waals surface area contributed by atoms with Crippen molar-refractivity contribution in [1.82, 2.24) is 0 Å². The fraction of sp³-hybridized carbons (Fsp3) is 0.545. The number of hydrogen-bond acceptors (Lipinski definition) is 10. The fourth-order valence-corrected chi connectivity index (χ4v) is 6.01. The van der Waals surface area contributed by atoms with E-state index in [1.165, 1.54) is 61.4 Å². The number of ketones is 1. The number of thiol groups is 2. The lowest BCUT2D eigenvalue weighted by Gasteiger charge is -2.07. The summed E-state index contributed by atoms with van der Waals surface area (Å²) in [6, 6.07) is 24.2. The minimum atomic E-state index is 0. The largest absolute Gasteiger partial charge is 0.494 e. The Kier molecular flexibility index (Phi) is 39.8. The van der Waals surface area contributed by atoms with E-state index in [0.29, 0.717) is 5.78 Å². The molecular formula is C44H70Cl2N2O5S3. The van der Waals surface area contributed by atoms with Crippen molar-refractivity contribution in [3.63, 3.8) is 0 Å². The summed E-state index contributed by atoms with van der Waals surface area (Å²) in [5.74, 6) is 5.35. The first kappa shape index (κ1) is 56.0. The first-order valence-corrected chi connectivity index (χ1v) is 22.0. The van der Waals surface area contributed by atoms with Gasteiger partial charge in [-0.25, -0.2) is 0 Å². The molecule has 0 unspecified atom stereocenters. The van der Waals surface area contributed by atoms with Gasteiger partial charge in [0.15, 0.2) is 5.12 Å². The Bertz CT molecular complexity index is 1340. The van der Waals surface area contributed by atoms with Crippen LogP contribution in [0.5, 0.6) is 17.2 Å². The van der Waals surface area contributed by atoms with E-state index in [4.69, 9.17) is 25.7 Å². The van der Waals surface area contributed by atoms with Crippen molar-refractivity contribution in [3.05, 3.63) is 89.5 Å². The minimum Gasteiger partial charge on any atom is -0.494 e. The third kappa shape index (κ3) is 33.0. The number of unbranched alkanes of at least 4 members (excludes halogenated alkanes) is 10. The second-order valence-electron chi connectivity index (χ2n) is 13.2. The summed E-state index contributed by atoms with van der Waals surface area (Å²) in [6.45, 7) is 7.15. The van der Waals surface area contributed by atoms with Crippen molar-refractivity contribution in [2.75, 3.05) is 32.9 Å². The second kappa shape index (κ2) is 39.8. The first-order chi connectivity index (χ1) is 26.3. The van der Waals surface area contributed by atoms with Crippen molar-refractivity contribution in [2.45, 2.75) is 121 Å². The average Bonchev–Trinajstić information content (AvgIpc) is 3.19. The summed E-state index contributed by atoms with van der Waals surface area (Å²) in [7, 11) is 0. The Morgan fingerprint density at radius 2 is 0.821 bits per heavy atom. The van der Waals surface area contributed by atoms with Gasteiger partial charge in [-0.15, -0.1) is 24.8 Å². The molecule has 318 valence electrons. The highest BCUT2D eigenvalue weighted by molar-refractivity contribution is 8.12. The highest BCUT2D eigenvalue weighted by Gasteiger charge is 2.00. The van der Waals surface area contributed by atoms with Crippen LogP contribution in [-0.2, 0) is 26.8 Å². The standard InChI is InChI=1S/C16H24O2S.C15H23NO2S.C13H21NOS.2ClH/c1-14(17)7-5-3-2-4-6-12-18-16-10-8-15(13-19)9-11-16;1-13(17)19-12-14-6-8-15(9-7-14)18-11-5-3-2-4-10-16;14-9-3-1-2-4-10-15-13-7-5-12(11-16)6-8-13;;/h8-11,19H,2-7,12-13H2,1H3;6-9H,2-5,10-12,16H2,1H3;5-8,16H,1-4,9-11,14H2;2*1H. The number of carbonyl (C=O) groups excluding carboxylic acids is 2. The lowest BCUT2D eigenvalue weighted by Crippen LogP contribution is -2.00. The molecule has 0 aromatic heterocycles. The van der Waals surface area contributed by atoms with Crippen LogP contribution in [0.3, 0.4) is 0 Å². The molecule has 0 aliphatic carbocycles. The predicted octanol–water partition coefficient (Wildman–Crippen LogP) is 11.6. The normalized spacial score (nSPS) is 10.0. The molecule has 0 fully saturated rings. The molecule has 0 aliphatic heterocycles. The van der Waals surface area contributed by atoms with E-state index in [2.05, 4.69) is 37.4 Å². The van der Waals surface area contributed by atoms with Gasteiger partial charge in [0.05, 0.1) is 19.8 Å². The highest BCUT2D eigenvalue weighted by atomic mass is 35.5. The third-order valence-corrected chi connectivity index (χ3v) is 9.87. The molecule has 7 nitrogen and oxygen atoms in total. The van der Waals surface area contributed by atoms with Gasteiger partial charge in [-0.2, -0.15) is 25.3 Å². The number of nitrogens with two attached hydrogens (primary N) is 2. The third-order valence-electron chi connectivity index (χ3n) is 8.25. The number of halogens is 2. The van der Waals surface area contributed by atoms with Crippen LogP contribution in [0.4, 0.5) is 0 Å². The van der Waals surface area contributed by atoms with Gasteiger partial charge in [-0.1, -0.05) is 93.1 Å². The zero-order chi connectivity index (χ0) is 39.5. The van der Waals surface area contributed by atoms with E-state index in [1.54, 1.807) is 13.8 Å². The molecule has 3 rings (SSSR count). The van der Waals surface area contributed by atoms with Crippen molar-refractivity contribution in [2.24, 2.45) is 11.5 Å². The minimum absolute atomic E-state index is 0. The maximum Gasteiger partial charge on any atom is 0.186 e. The molecule has 3 aromatic rings. The van der Waals surface area contributed by atoms with Crippen LogP contribution in [0.1, 0.15) is 120 Å². The SMILES string of the molecule is CC(=O)CCCCCCCOc1ccc(CS)cc1.CC(=O)SCc1ccc(OCCCCCCN)cc1.Cl.Cl.NCCCCCCOc1ccc(CS)cc1. The number of hydrogen-bond donors (Lipinski definition) is 4. The lowest BCUT2D eigenvalue weighted by molar-refractivity contribution is -0.117. The van der Waals surface area contributed by atoms with E-state index in [-0.39, 0.29) is 29.9 Å². The van der Waals surface area contributed by atoms with Gasteiger partial charge in [-0.3, -0.25) is 4.79 Å².